The van der Waals surface area contributed by atoms with Crippen molar-refractivity contribution < 1.29 is 9.59 Å². The zero-order valence-electron chi connectivity index (χ0n) is 14.5. The monoisotopic (exact) mass is 341 g/mol. The predicted molar refractivity (Wildman–Crippen MR) is 97.1 cm³/mol. The Kier molecular flexibility index (Phi) is 4.50. The Bertz CT molecular complexity index is 639. The van der Waals surface area contributed by atoms with Crippen LogP contribution >= 0.6 is 0 Å². The molecule has 0 heterocycles. The summed E-state index contributed by atoms with van der Waals surface area (Å²) in [6, 6.07) is 7.76. The van der Waals surface area contributed by atoms with Gasteiger partial charge in [-0.1, -0.05) is 6.42 Å². The summed E-state index contributed by atoms with van der Waals surface area (Å²) in [6.07, 6.45) is 7.60. The Morgan fingerprint density at radius 1 is 0.960 bits per heavy atom. The average Bonchev–Trinajstić information content (AvgIpc) is 3.41. The number of amides is 2. The van der Waals surface area contributed by atoms with Gasteiger partial charge in [0.05, 0.1) is 0 Å². The average molecular weight is 341 g/mol. The Morgan fingerprint density at radius 3 is 2.20 bits per heavy atom. The second-order valence-electron chi connectivity index (χ2n) is 8.02. The lowest BCUT2D eigenvalue weighted by Gasteiger charge is -2.45. The van der Waals surface area contributed by atoms with Crippen molar-refractivity contribution in [3.63, 3.8) is 0 Å². The number of benzene rings is 1. The van der Waals surface area contributed by atoms with Gasteiger partial charge in [-0.3, -0.25) is 9.59 Å². The smallest absolute Gasteiger partial charge is 0.251 e. The first kappa shape index (κ1) is 16.6. The highest BCUT2D eigenvalue weighted by molar-refractivity contribution is 5.96. The lowest BCUT2D eigenvalue weighted by atomic mass is 9.67. The summed E-state index contributed by atoms with van der Waals surface area (Å²) in [4.78, 5) is 24.4. The number of nitrogens with one attached hydrogen (secondary N) is 2. The zero-order chi connectivity index (χ0) is 17.4. The molecule has 0 saturated heterocycles. The van der Waals surface area contributed by atoms with Crippen LogP contribution in [-0.4, -0.2) is 23.9 Å². The molecule has 25 heavy (non-hydrogen) atoms. The van der Waals surface area contributed by atoms with Gasteiger partial charge < -0.3 is 16.4 Å². The van der Waals surface area contributed by atoms with Crippen molar-refractivity contribution in [2.24, 2.45) is 23.5 Å². The Labute approximate surface area is 148 Å². The van der Waals surface area contributed by atoms with Gasteiger partial charge >= 0.3 is 0 Å². The van der Waals surface area contributed by atoms with E-state index in [1.54, 1.807) is 12.1 Å². The second-order valence-corrected chi connectivity index (χ2v) is 8.02. The van der Waals surface area contributed by atoms with Gasteiger partial charge in [-0.2, -0.15) is 0 Å². The molecule has 2 bridgehead atoms. The van der Waals surface area contributed by atoms with E-state index < -0.39 is 0 Å². The van der Waals surface area contributed by atoms with Crippen LogP contribution in [0.25, 0.3) is 0 Å². The maximum Gasteiger partial charge on any atom is 0.251 e. The Morgan fingerprint density at radius 2 is 1.60 bits per heavy atom. The minimum absolute atomic E-state index is 0.0163. The van der Waals surface area contributed by atoms with Gasteiger partial charge in [0.1, 0.15) is 0 Å². The van der Waals surface area contributed by atoms with Crippen molar-refractivity contribution in [1.29, 1.82) is 0 Å². The molecular weight excluding hydrogens is 314 g/mol. The minimum Gasteiger partial charge on any atom is -0.349 e. The van der Waals surface area contributed by atoms with Crippen molar-refractivity contribution in [1.82, 2.24) is 5.32 Å². The topological polar surface area (TPSA) is 84.2 Å². The fraction of sp³-hybridized carbons (Fsp3) is 0.600. The van der Waals surface area contributed by atoms with Crippen LogP contribution in [0.2, 0.25) is 0 Å². The lowest BCUT2D eigenvalue weighted by Crippen LogP contribution is -2.53. The number of nitrogens with two attached hydrogens (primary N) is 1. The largest absolute Gasteiger partial charge is 0.349 e. The molecule has 2 atom stereocenters. The first-order valence-corrected chi connectivity index (χ1v) is 9.57. The van der Waals surface area contributed by atoms with Gasteiger partial charge in [-0.15, -0.1) is 0 Å². The number of carbonyl (C=O) groups is 2. The molecule has 3 aliphatic rings. The van der Waals surface area contributed by atoms with E-state index in [-0.39, 0.29) is 29.8 Å². The van der Waals surface area contributed by atoms with Crippen LogP contribution in [0.3, 0.4) is 0 Å². The Balaban J connectivity index is 1.38. The van der Waals surface area contributed by atoms with Crippen LogP contribution in [0.5, 0.6) is 0 Å². The van der Waals surface area contributed by atoms with Crippen molar-refractivity contribution in [2.45, 2.75) is 57.0 Å². The molecule has 0 aliphatic heterocycles. The highest BCUT2D eigenvalue weighted by Crippen LogP contribution is 2.39. The summed E-state index contributed by atoms with van der Waals surface area (Å²) in [7, 11) is 0. The summed E-state index contributed by atoms with van der Waals surface area (Å²) in [6.45, 7) is 0. The molecule has 2 unspecified atom stereocenters. The number of rotatable bonds is 4. The maximum absolute atomic E-state index is 12.6. The molecule has 0 spiro atoms. The highest BCUT2D eigenvalue weighted by atomic mass is 16.2. The van der Waals surface area contributed by atoms with Crippen LogP contribution < -0.4 is 16.4 Å². The summed E-state index contributed by atoms with van der Waals surface area (Å²) >= 11 is 0. The Hall–Kier alpha value is -1.88. The van der Waals surface area contributed by atoms with E-state index in [0.717, 1.165) is 31.4 Å². The zero-order valence-corrected chi connectivity index (χ0v) is 14.5. The van der Waals surface area contributed by atoms with E-state index >= 15 is 0 Å². The molecule has 5 heteroatoms. The third kappa shape index (κ3) is 3.71. The van der Waals surface area contributed by atoms with Crippen LogP contribution in [0.15, 0.2) is 24.3 Å². The minimum atomic E-state index is -0.0163. The van der Waals surface area contributed by atoms with E-state index in [0.29, 0.717) is 17.4 Å². The first-order chi connectivity index (χ1) is 12.1. The maximum atomic E-state index is 12.6. The normalized spacial score (nSPS) is 31.2. The quantitative estimate of drug-likeness (QED) is 0.787. The van der Waals surface area contributed by atoms with Crippen molar-refractivity contribution in [3.05, 3.63) is 29.8 Å². The second kappa shape index (κ2) is 6.79. The number of anilines is 1. The summed E-state index contributed by atoms with van der Waals surface area (Å²) in [5.41, 5.74) is 7.57. The molecular formula is C20H27N3O2. The van der Waals surface area contributed by atoms with E-state index in [1.165, 1.54) is 19.3 Å². The third-order valence-corrected chi connectivity index (χ3v) is 6.04. The van der Waals surface area contributed by atoms with E-state index in [9.17, 15) is 9.59 Å². The van der Waals surface area contributed by atoms with Gasteiger partial charge in [0.15, 0.2) is 0 Å². The first-order valence-electron chi connectivity index (χ1n) is 9.57. The molecule has 5 nitrogen and oxygen atoms in total. The van der Waals surface area contributed by atoms with Gasteiger partial charge in [-0.25, -0.2) is 0 Å². The molecule has 2 amide bonds. The molecule has 3 saturated carbocycles. The molecule has 0 radical (unpaired) electrons. The fourth-order valence-electron chi connectivity index (χ4n) is 4.55. The summed E-state index contributed by atoms with van der Waals surface area (Å²) in [5.74, 6) is 1.29. The fourth-order valence-corrected chi connectivity index (χ4v) is 4.55. The highest BCUT2D eigenvalue weighted by Gasteiger charge is 2.40. The number of hydrogen-bond donors (Lipinski definition) is 3. The van der Waals surface area contributed by atoms with Crippen LogP contribution in [-0.2, 0) is 4.79 Å². The van der Waals surface area contributed by atoms with Crippen LogP contribution in [0, 0.1) is 17.8 Å². The van der Waals surface area contributed by atoms with Crippen LogP contribution in [0.1, 0.15) is 55.3 Å². The van der Waals surface area contributed by atoms with Gasteiger partial charge in [0, 0.05) is 29.3 Å². The lowest BCUT2D eigenvalue weighted by molar-refractivity contribution is -0.117. The SMILES string of the molecule is NC1CC2CCCC(C1)C2NC(=O)c1ccc(NC(=O)C2CC2)cc1. The number of fused-ring (bicyclic) bond motifs is 2. The van der Waals surface area contributed by atoms with Crippen molar-refractivity contribution in [2.75, 3.05) is 5.32 Å². The van der Waals surface area contributed by atoms with Crippen molar-refractivity contribution >= 4 is 17.5 Å². The summed E-state index contributed by atoms with van der Waals surface area (Å²) < 4.78 is 0. The number of hydrogen-bond acceptors (Lipinski definition) is 3. The predicted octanol–water partition coefficient (Wildman–Crippen LogP) is 2.67. The van der Waals surface area contributed by atoms with Gasteiger partial charge in [0.2, 0.25) is 5.91 Å². The van der Waals surface area contributed by atoms with Crippen LogP contribution in [0.4, 0.5) is 5.69 Å². The van der Waals surface area contributed by atoms with Gasteiger partial charge in [-0.05, 0) is 74.6 Å². The van der Waals surface area contributed by atoms with Crippen molar-refractivity contribution in [3.8, 4) is 0 Å². The summed E-state index contributed by atoms with van der Waals surface area (Å²) in [5, 5.41) is 6.17. The molecule has 134 valence electrons. The third-order valence-electron chi connectivity index (χ3n) is 6.04. The van der Waals surface area contributed by atoms with E-state index in [4.69, 9.17) is 5.73 Å². The molecule has 4 N–H and O–H groups in total. The molecule has 3 fully saturated rings. The molecule has 0 aromatic heterocycles. The number of carbonyl (C=O) groups excluding carboxylic acids is 2. The van der Waals surface area contributed by atoms with Gasteiger partial charge in [0.25, 0.3) is 5.91 Å². The standard InChI is InChI=1S/C20H27N3O2/c21-16-10-14-2-1-3-15(11-16)18(14)23-20(25)13-6-8-17(9-7-13)22-19(24)12-4-5-12/h6-9,12,14-16,18H,1-5,10-11,21H2,(H,22,24)(H,23,25). The molecule has 1 aromatic rings. The molecule has 4 rings (SSSR count). The molecule has 3 aliphatic carbocycles. The molecule has 1 aromatic carbocycles. The van der Waals surface area contributed by atoms with E-state index in [2.05, 4.69) is 10.6 Å². The van der Waals surface area contributed by atoms with E-state index in [1.807, 2.05) is 12.1 Å².